The molecule has 1 aromatic carbocycles. The second-order valence-electron chi connectivity index (χ2n) is 12.7. The van der Waals surface area contributed by atoms with Gasteiger partial charge >= 0.3 is 0 Å². The van der Waals surface area contributed by atoms with Crippen LogP contribution < -0.4 is 4.74 Å². The lowest BCUT2D eigenvalue weighted by molar-refractivity contribution is -0.125. The molecular weight excluding hydrogens is 588 g/mol. The number of aryl methyl sites for hydroxylation is 2. The van der Waals surface area contributed by atoms with Crippen molar-refractivity contribution in [2.45, 2.75) is 114 Å². The molecule has 0 aliphatic heterocycles. The van der Waals surface area contributed by atoms with E-state index in [1.165, 1.54) is 0 Å². The van der Waals surface area contributed by atoms with Gasteiger partial charge in [-0.15, -0.1) is 0 Å². The molecule has 2 fully saturated rings. The van der Waals surface area contributed by atoms with Gasteiger partial charge in [0.15, 0.2) is 0 Å². The van der Waals surface area contributed by atoms with E-state index in [0.29, 0.717) is 32.0 Å². The molecular formula is C36H46N2O8. The van der Waals surface area contributed by atoms with Gasteiger partial charge in [-0.05, 0) is 87.6 Å². The summed E-state index contributed by atoms with van der Waals surface area (Å²) in [5.41, 5.74) is 5.68. The van der Waals surface area contributed by atoms with Gasteiger partial charge in [-0.3, -0.25) is 14.8 Å². The minimum atomic E-state index is -1.69. The summed E-state index contributed by atoms with van der Waals surface area (Å²) in [6.45, 7) is 1.67. The highest BCUT2D eigenvalue weighted by molar-refractivity contribution is 5.78. The van der Waals surface area contributed by atoms with Gasteiger partial charge in [-0.1, -0.05) is 24.3 Å². The van der Waals surface area contributed by atoms with Crippen molar-refractivity contribution in [1.29, 1.82) is 0 Å². The maximum Gasteiger partial charge on any atom is 0.133 e. The molecule has 46 heavy (non-hydrogen) atoms. The van der Waals surface area contributed by atoms with Gasteiger partial charge in [-0.25, -0.2) is 0 Å². The van der Waals surface area contributed by atoms with E-state index in [9.17, 15) is 25.2 Å². The molecule has 5 N–H and O–H groups in total. The molecule has 4 atom stereocenters. The van der Waals surface area contributed by atoms with Crippen LogP contribution in [0.15, 0.2) is 54.9 Å². The molecule has 2 aromatic heterocycles. The van der Waals surface area contributed by atoms with Gasteiger partial charge in [0.2, 0.25) is 0 Å². The van der Waals surface area contributed by atoms with Crippen molar-refractivity contribution in [3.63, 3.8) is 0 Å². The summed E-state index contributed by atoms with van der Waals surface area (Å²) in [6.07, 6.45) is 4.23. The van der Waals surface area contributed by atoms with Crippen molar-refractivity contribution in [2.75, 3.05) is 6.61 Å². The number of Topliss-reactive ketones (excluding diaryl/α,β-unsaturated/α-hetero) is 1. The number of pyridine rings is 2. The van der Waals surface area contributed by atoms with Gasteiger partial charge in [-0.2, -0.15) is 0 Å². The maximum atomic E-state index is 12.3. The molecule has 248 valence electrons. The second-order valence-corrected chi connectivity index (χ2v) is 12.7. The Labute approximate surface area is 270 Å². The van der Waals surface area contributed by atoms with Crippen LogP contribution in [0.1, 0.15) is 80.3 Å². The van der Waals surface area contributed by atoms with Gasteiger partial charge in [0.1, 0.15) is 29.8 Å². The summed E-state index contributed by atoms with van der Waals surface area (Å²) < 4.78 is 12.9. The summed E-state index contributed by atoms with van der Waals surface area (Å²) in [5.74, 6) is 0.840. The number of carbonyl (C=O) groups is 1. The molecule has 0 bridgehead atoms. The molecule has 2 heterocycles. The third-order valence-electron chi connectivity index (χ3n) is 8.94. The van der Waals surface area contributed by atoms with Crippen LogP contribution in [0.4, 0.5) is 0 Å². The van der Waals surface area contributed by atoms with Crippen molar-refractivity contribution in [2.24, 2.45) is 0 Å². The van der Waals surface area contributed by atoms with E-state index in [4.69, 9.17) is 19.6 Å². The summed E-state index contributed by atoms with van der Waals surface area (Å²) >= 11 is 0. The number of carbonyl (C=O) groups excluding carboxylic acids is 1. The van der Waals surface area contributed by atoms with Gasteiger partial charge < -0.3 is 35.0 Å². The molecule has 2 aliphatic rings. The smallest absolute Gasteiger partial charge is 0.133 e. The molecule has 0 saturated heterocycles. The van der Waals surface area contributed by atoms with Crippen LogP contribution in [0.3, 0.4) is 0 Å². The minimum absolute atomic E-state index is 0.0408. The van der Waals surface area contributed by atoms with Crippen LogP contribution in [0.5, 0.6) is 5.75 Å². The highest BCUT2D eigenvalue weighted by Gasteiger charge is 2.48. The van der Waals surface area contributed by atoms with E-state index >= 15 is 0 Å². The van der Waals surface area contributed by atoms with Crippen molar-refractivity contribution in [3.8, 4) is 16.9 Å². The number of benzene rings is 1. The number of aliphatic hydroxyl groups is 5. The molecule has 10 nitrogen and oxygen atoms in total. The molecule has 0 radical (unpaired) electrons. The first-order valence-electron chi connectivity index (χ1n) is 16.4. The number of aromatic nitrogens is 2. The van der Waals surface area contributed by atoms with E-state index in [1.54, 1.807) is 0 Å². The van der Waals surface area contributed by atoms with Gasteiger partial charge in [0.25, 0.3) is 0 Å². The third kappa shape index (κ3) is 8.76. The SMILES string of the molecule is Cc1ccc(CCCCC(=O)CC[C@H](O)[C@@H](O)[C@H](O)[C@H](O)CO)nc1COC1(c2cnccc2-c2ccccc2OC2CC2)CC1. The fourth-order valence-corrected chi connectivity index (χ4v) is 5.66. The lowest BCUT2D eigenvalue weighted by atomic mass is 9.96. The minimum Gasteiger partial charge on any atom is -0.490 e. The Hall–Kier alpha value is -3.25. The average molecular weight is 635 g/mol. The fourth-order valence-electron chi connectivity index (χ4n) is 5.66. The number of para-hydroxylation sites is 1. The first-order valence-corrected chi connectivity index (χ1v) is 16.4. The van der Waals surface area contributed by atoms with Gasteiger partial charge in [0.05, 0.1) is 36.7 Å². The van der Waals surface area contributed by atoms with E-state index in [2.05, 4.69) is 17.1 Å². The fraction of sp³-hybridized carbons (Fsp3) is 0.528. The monoisotopic (exact) mass is 634 g/mol. The Morgan fingerprint density at radius 2 is 1.72 bits per heavy atom. The Kier molecular flexibility index (Phi) is 11.5. The predicted octanol–water partition coefficient (Wildman–Crippen LogP) is 3.70. The molecule has 0 unspecified atom stereocenters. The summed E-state index contributed by atoms with van der Waals surface area (Å²) in [5, 5.41) is 48.0. The predicted molar refractivity (Wildman–Crippen MR) is 171 cm³/mol. The lowest BCUT2D eigenvalue weighted by Crippen LogP contribution is -2.45. The number of ether oxygens (including phenoxy) is 2. The molecule has 0 amide bonds. The standard InChI is InChI=1S/C36H46N2O8/c1-23-10-11-24(6-2-3-7-25(40)12-15-31(41)34(43)35(44)32(42)21-39)38-30(23)22-45-36(17-18-36)29-20-37-19-16-27(29)28-8-4-5-9-33(28)46-26-13-14-26/h4-5,8-11,16,19-20,26,31-32,34-35,39,41-44H,2-3,6-7,12-15,17-18,21-22H2,1H3/t31-,32+,34+,35+/m0/s1. The first kappa shape index (κ1) is 34.1. The average Bonchev–Trinajstić information content (AvgIpc) is 4.02. The largest absolute Gasteiger partial charge is 0.490 e. The van der Waals surface area contributed by atoms with Crippen LogP contribution in [0.25, 0.3) is 11.1 Å². The van der Waals surface area contributed by atoms with E-state index in [-0.39, 0.29) is 18.6 Å². The maximum absolute atomic E-state index is 12.3. The Morgan fingerprint density at radius 1 is 0.957 bits per heavy atom. The molecule has 5 rings (SSSR count). The molecule has 2 saturated carbocycles. The molecule has 0 spiro atoms. The number of aliphatic hydroxyl groups excluding tert-OH is 5. The van der Waals surface area contributed by atoms with E-state index in [1.807, 2.05) is 49.6 Å². The normalized spacial score (nSPS) is 18.0. The molecule has 3 aromatic rings. The van der Waals surface area contributed by atoms with E-state index < -0.39 is 36.6 Å². The van der Waals surface area contributed by atoms with E-state index in [0.717, 1.165) is 71.5 Å². The zero-order chi connectivity index (χ0) is 32.7. The number of unbranched alkanes of at least 4 members (excludes halogenated alkanes) is 1. The second kappa shape index (κ2) is 15.6. The highest BCUT2D eigenvalue weighted by atomic mass is 16.5. The number of ketones is 1. The van der Waals surface area contributed by atoms with Crippen LogP contribution in [0.2, 0.25) is 0 Å². The lowest BCUT2D eigenvalue weighted by Gasteiger charge is -2.25. The summed E-state index contributed by atoms with van der Waals surface area (Å²) in [7, 11) is 0. The van der Waals surface area contributed by atoms with Gasteiger partial charge in [0, 0.05) is 42.1 Å². The quantitative estimate of drug-likeness (QED) is 0.123. The number of hydrogen-bond donors (Lipinski definition) is 5. The van der Waals surface area contributed by atoms with Crippen molar-refractivity contribution >= 4 is 5.78 Å². The van der Waals surface area contributed by atoms with Crippen LogP contribution >= 0.6 is 0 Å². The number of hydrogen-bond acceptors (Lipinski definition) is 10. The summed E-state index contributed by atoms with van der Waals surface area (Å²) in [6, 6.07) is 14.3. The molecule has 2 aliphatic carbocycles. The number of nitrogens with zero attached hydrogens (tertiary/aromatic N) is 2. The van der Waals surface area contributed by atoms with Crippen LogP contribution in [-0.2, 0) is 28.2 Å². The Morgan fingerprint density at radius 3 is 2.46 bits per heavy atom. The summed E-state index contributed by atoms with van der Waals surface area (Å²) in [4.78, 5) is 21.7. The number of rotatable bonds is 19. The Balaban J connectivity index is 1.12. The zero-order valence-electron chi connectivity index (χ0n) is 26.4. The topological polar surface area (TPSA) is 162 Å². The molecule has 10 heteroatoms. The van der Waals surface area contributed by atoms with Crippen molar-refractivity contribution in [1.82, 2.24) is 9.97 Å². The zero-order valence-corrected chi connectivity index (χ0v) is 26.4. The van der Waals surface area contributed by atoms with Crippen LogP contribution in [-0.4, -0.2) is 78.4 Å². The first-order chi connectivity index (χ1) is 22.2. The highest BCUT2D eigenvalue weighted by Crippen LogP contribution is 2.53. The Bertz CT molecular complexity index is 1460. The van der Waals surface area contributed by atoms with Crippen LogP contribution in [0, 0.1) is 6.92 Å². The third-order valence-corrected chi connectivity index (χ3v) is 8.94. The van der Waals surface area contributed by atoms with Crippen molar-refractivity contribution < 1.29 is 39.8 Å². The van der Waals surface area contributed by atoms with Crippen molar-refractivity contribution in [3.05, 3.63) is 77.4 Å².